The first-order chi connectivity index (χ1) is 10.7. The summed E-state index contributed by atoms with van der Waals surface area (Å²) in [7, 11) is 0. The van der Waals surface area contributed by atoms with E-state index in [1.807, 2.05) is 4.90 Å². The number of pyridine rings is 1. The molecule has 2 aliphatic heterocycles. The predicted molar refractivity (Wildman–Crippen MR) is 78.8 cm³/mol. The maximum atomic E-state index is 12.7. The molecule has 2 aliphatic rings. The highest BCUT2D eigenvalue weighted by molar-refractivity contribution is 5.97. The number of aromatic carboxylic acids is 1. The van der Waals surface area contributed by atoms with Gasteiger partial charge in [0.1, 0.15) is 5.69 Å². The number of likely N-dealkylation sites (tertiary alicyclic amines) is 1. The molecule has 1 unspecified atom stereocenters. The highest BCUT2D eigenvalue weighted by Gasteiger charge is 2.35. The van der Waals surface area contributed by atoms with Crippen LogP contribution in [0.3, 0.4) is 0 Å². The summed E-state index contributed by atoms with van der Waals surface area (Å²) in [6.07, 6.45) is 5.39. The average molecular weight is 304 g/mol. The summed E-state index contributed by atoms with van der Waals surface area (Å²) >= 11 is 0. The Balaban J connectivity index is 1.78. The maximum Gasteiger partial charge on any atom is 0.354 e. The van der Waals surface area contributed by atoms with Gasteiger partial charge in [-0.25, -0.2) is 9.78 Å². The Hall–Kier alpha value is -1.95. The molecule has 6 heteroatoms. The van der Waals surface area contributed by atoms with Crippen LogP contribution in [-0.4, -0.2) is 52.7 Å². The van der Waals surface area contributed by atoms with Crippen LogP contribution in [0.4, 0.5) is 0 Å². The number of hydrogen-bond acceptors (Lipinski definition) is 4. The quantitative estimate of drug-likeness (QED) is 0.921. The van der Waals surface area contributed by atoms with Gasteiger partial charge in [-0.1, -0.05) is 0 Å². The van der Waals surface area contributed by atoms with Gasteiger partial charge in [0.15, 0.2) is 0 Å². The van der Waals surface area contributed by atoms with Crippen LogP contribution in [0.15, 0.2) is 18.3 Å². The van der Waals surface area contributed by atoms with Crippen molar-refractivity contribution in [1.29, 1.82) is 0 Å². The lowest BCUT2D eigenvalue weighted by molar-refractivity contribution is 0.0322. The number of aromatic nitrogens is 1. The molecule has 1 aromatic rings. The second-order valence-electron chi connectivity index (χ2n) is 5.89. The van der Waals surface area contributed by atoms with Gasteiger partial charge < -0.3 is 14.7 Å². The third-order valence-electron chi connectivity index (χ3n) is 4.60. The van der Waals surface area contributed by atoms with Crippen molar-refractivity contribution >= 4 is 11.9 Å². The molecule has 2 saturated heterocycles. The van der Waals surface area contributed by atoms with Crippen LogP contribution in [0.1, 0.15) is 46.5 Å². The Morgan fingerprint density at radius 3 is 2.77 bits per heavy atom. The van der Waals surface area contributed by atoms with Crippen LogP contribution in [0.5, 0.6) is 0 Å². The molecule has 0 spiro atoms. The zero-order chi connectivity index (χ0) is 15.5. The van der Waals surface area contributed by atoms with E-state index in [9.17, 15) is 9.59 Å². The van der Waals surface area contributed by atoms with Crippen molar-refractivity contribution in [3.63, 3.8) is 0 Å². The molecule has 6 nitrogen and oxygen atoms in total. The second kappa shape index (κ2) is 6.44. The fourth-order valence-electron chi connectivity index (χ4n) is 3.48. The van der Waals surface area contributed by atoms with Gasteiger partial charge in [0, 0.05) is 37.6 Å². The van der Waals surface area contributed by atoms with Crippen LogP contribution >= 0.6 is 0 Å². The van der Waals surface area contributed by atoms with Crippen molar-refractivity contribution in [2.75, 3.05) is 19.8 Å². The van der Waals surface area contributed by atoms with Crippen molar-refractivity contribution in [2.45, 2.75) is 31.7 Å². The van der Waals surface area contributed by atoms with Crippen LogP contribution < -0.4 is 0 Å². The summed E-state index contributed by atoms with van der Waals surface area (Å²) in [5.74, 6) is -0.711. The minimum absolute atomic E-state index is 0.0844. The fourth-order valence-corrected chi connectivity index (χ4v) is 3.48. The Labute approximate surface area is 129 Å². The number of amides is 1. The number of carboxylic acids is 1. The van der Waals surface area contributed by atoms with E-state index >= 15 is 0 Å². The van der Waals surface area contributed by atoms with E-state index in [1.54, 1.807) is 6.07 Å². The molecule has 0 radical (unpaired) electrons. The zero-order valence-corrected chi connectivity index (χ0v) is 12.4. The molecule has 2 fully saturated rings. The molecular formula is C16H20N2O4. The van der Waals surface area contributed by atoms with Gasteiger partial charge in [0.25, 0.3) is 5.91 Å². The summed E-state index contributed by atoms with van der Waals surface area (Å²) in [4.78, 5) is 29.4. The molecule has 3 rings (SSSR count). The Kier molecular flexibility index (Phi) is 4.38. The van der Waals surface area contributed by atoms with Crippen molar-refractivity contribution in [3.8, 4) is 0 Å². The highest BCUT2D eigenvalue weighted by Crippen LogP contribution is 2.31. The molecular weight excluding hydrogens is 284 g/mol. The van der Waals surface area contributed by atoms with E-state index in [1.165, 1.54) is 12.3 Å². The molecule has 1 atom stereocenters. The first-order valence-electron chi connectivity index (χ1n) is 7.75. The lowest BCUT2D eigenvalue weighted by Gasteiger charge is -2.34. The fraction of sp³-hybridized carbons (Fsp3) is 0.562. The molecule has 0 bridgehead atoms. The molecule has 22 heavy (non-hydrogen) atoms. The van der Waals surface area contributed by atoms with Gasteiger partial charge in [-0.05, 0) is 43.7 Å². The topological polar surface area (TPSA) is 79.7 Å². The number of rotatable bonds is 3. The summed E-state index contributed by atoms with van der Waals surface area (Å²) in [5, 5.41) is 9.01. The maximum absolute atomic E-state index is 12.7. The Bertz CT molecular complexity index is 569. The predicted octanol–water partition coefficient (Wildman–Crippen LogP) is 1.81. The molecule has 0 saturated carbocycles. The smallest absolute Gasteiger partial charge is 0.354 e. The Morgan fingerprint density at radius 1 is 1.27 bits per heavy atom. The molecule has 3 heterocycles. The van der Waals surface area contributed by atoms with E-state index in [4.69, 9.17) is 9.84 Å². The van der Waals surface area contributed by atoms with Crippen molar-refractivity contribution in [1.82, 2.24) is 9.88 Å². The van der Waals surface area contributed by atoms with Crippen molar-refractivity contribution in [3.05, 3.63) is 29.6 Å². The summed E-state index contributed by atoms with van der Waals surface area (Å²) in [5.41, 5.74) is 0.319. The first kappa shape index (κ1) is 15.0. The summed E-state index contributed by atoms with van der Waals surface area (Å²) in [6.45, 7) is 2.27. The lowest BCUT2D eigenvalue weighted by atomic mass is 9.90. The zero-order valence-electron chi connectivity index (χ0n) is 12.4. The normalized spacial score (nSPS) is 22.7. The monoisotopic (exact) mass is 304 g/mol. The van der Waals surface area contributed by atoms with Gasteiger partial charge in [0.2, 0.25) is 0 Å². The van der Waals surface area contributed by atoms with Crippen LogP contribution in [-0.2, 0) is 4.74 Å². The van der Waals surface area contributed by atoms with Gasteiger partial charge >= 0.3 is 5.97 Å². The number of ether oxygens (including phenoxy) is 1. The van der Waals surface area contributed by atoms with Gasteiger partial charge in [-0.3, -0.25) is 4.79 Å². The number of hydrogen-bond donors (Lipinski definition) is 1. The third-order valence-corrected chi connectivity index (χ3v) is 4.60. The van der Waals surface area contributed by atoms with Crippen LogP contribution in [0, 0.1) is 5.92 Å². The number of carbonyl (C=O) groups excluding carboxylic acids is 1. The Morgan fingerprint density at radius 2 is 2.05 bits per heavy atom. The summed E-state index contributed by atoms with van der Waals surface area (Å²) < 4.78 is 5.40. The highest BCUT2D eigenvalue weighted by atomic mass is 16.5. The number of nitrogens with zero attached hydrogens (tertiary/aromatic N) is 2. The van der Waals surface area contributed by atoms with Gasteiger partial charge in [0.05, 0.1) is 0 Å². The average Bonchev–Trinajstić information content (AvgIpc) is 3.04. The van der Waals surface area contributed by atoms with E-state index < -0.39 is 5.97 Å². The third kappa shape index (κ3) is 2.97. The molecule has 1 amide bonds. The standard InChI is InChI=1S/C16H20N2O4/c19-15(12-3-6-17-13(10-12)16(20)21)18-7-1-2-14(18)11-4-8-22-9-5-11/h3,6,10-11,14H,1-2,4-5,7-9H2,(H,20,21). The van der Waals surface area contributed by atoms with Crippen LogP contribution in [0.25, 0.3) is 0 Å². The second-order valence-corrected chi connectivity index (χ2v) is 5.89. The first-order valence-corrected chi connectivity index (χ1v) is 7.75. The van der Waals surface area contributed by atoms with Crippen molar-refractivity contribution in [2.24, 2.45) is 5.92 Å². The lowest BCUT2D eigenvalue weighted by Crippen LogP contribution is -2.42. The van der Waals surface area contributed by atoms with E-state index in [0.29, 0.717) is 11.5 Å². The van der Waals surface area contributed by atoms with Crippen molar-refractivity contribution < 1.29 is 19.4 Å². The van der Waals surface area contributed by atoms with Crippen LogP contribution in [0.2, 0.25) is 0 Å². The molecule has 1 aromatic heterocycles. The minimum atomic E-state index is -1.11. The number of carboxylic acid groups (broad SMARTS) is 1. The molecule has 0 aliphatic carbocycles. The number of carbonyl (C=O) groups is 2. The SMILES string of the molecule is O=C(O)c1cc(C(=O)N2CCCC2C2CCOCC2)ccn1. The largest absolute Gasteiger partial charge is 0.477 e. The van der Waals surface area contributed by atoms with E-state index in [0.717, 1.165) is 45.4 Å². The van der Waals surface area contributed by atoms with Gasteiger partial charge in [-0.2, -0.15) is 0 Å². The molecule has 0 aromatic carbocycles. The minimum Gasteiger partial charge on any atom is -0.477 e. The summed E-state index contributed by atoms with van der Waals surface area (Å²) in [6, 6.07) is 3.20. The van der Waals surface area contributed by atoms with E-state index in [2.05, 4.69) is 4.98 Å². The van der Waals surface area contributed by atoms with E-state index in [-0.39, 0.29) is 17.6 Å². The molecule has 118 valence electrons. The van der Waals surface area contributed by atoms with Gasteiger partial charge in [-0.15, -0.1) is 0 Å². The molecule has 1 N–H and O–H groups in total.